The molecule has 0 saturated carbocycles. The van der Waals surface area contributed by atoms with Crippen LogP contribution in [0.15, 0.2) is 35.2 Å². The molecule has 0 N–H and O–H groups in total. The molecule has 8 heavy (non-hydrogen) atoms. The number of rotatable bonds is 1. The molecular formula is C6H5GeS. The monoisotopic (exact) mass is 183 g/mol. The van der Waals surface area contributed by atoms with E-state index in [-0.39, 0.29) is 0 Å². The van der Waals surface area contributed by atoms with Gasteiger partial charge in [-0.2, -0.15) is 0 Å². The summed E-state index contributed by atoms with van der Waals surface area (Å²) in [6.07, 6.45) is 0. The fraction of sp³-hybridized carbons (Fsp3) is 0. The van der Waals surface area contributed by atoms with Crippen molar-refractivity contribution in [1.82, 2.24) is 0 Å². The van der Waals surface area contributed by atoms with E-state index in [0.717, 1.165) is 0 Å². The van der Waals surface area contributed by atoms with Gasteiger partial charge in [-0.1, -0.05) is 0 Å². The normalized spacial score (nSPS) is 9.12. The van der Waals surface area contributed by atoms with E-state index in [4.69, 9.17) is 0 Å². The van der Waals surface area contributed by atoms with Gasteiger partial charge in [0.05, 0.1) is 0 Å². The molecule has 0 bridgehead atoms. The van der Waals surface area contributed by atoms with Gasteiger partial charge < -0.3 is 0 Å². The van der Waals surface area contributed by atoms with Gasteiger partial charge in [-0.05, 0) is 0 Å². The van der Waals surface area contributed by atoms with Crippen LogP contribution >= 0.6 is 10.1 Å². The zero-order chi connectivity index (χ0) is 5.82. The molecule has 0 atom stereocenters. The Morgan fingerprint density at radius 2 is 1.75 bits per heavy atom. The van der Waals surface area contributed by atoms with Crippen molar-refractivity contribution in [3.8, 4) is 0 Å². The molecule has 1 rings (SSSR count). The summed E-state index contributed by atoms with van der Waals surface area (Å²) < 4.78 is 0. The first-order valence-corrected chi connectivity index (χ1v) is 5.71. The topological polar surface area (TPSA) is 0 Å². The molecule has 0 spiro atoms. The Labute approximate surface area is 60.9 Å². The molecule has 0 heterocycles. The second-order valence-electron chi connectivity index (χ2n) is 1.42. The summed E-state index contributed by atoms with van der Waals surface area (Å²) in [5.74, 6) is 0. The maximum absolute atomic E-state index is 2.10. The Balaban J connectivity index is 2.83. The first-order chi connectivity index (χ1) is 3.93. The zero-order valence-electron chi connectivity index (χ0n) is 4.29. The number of benzene rings is 1. The Morgan fingerprint density at radius 1 is 1.12 bits per heavy atom. The van der Waals surface area contributed by atoms with Crippen LogP contribution in [0.4, 0.5) is 0 Å². The van der Waals surface area contributed by atoms with Crippen molar-refractivity contribution >= 4 is 25.5 Å². The van der Waals surface area contributed by atoms with Crippen LogP contribution in [0.25, 0.3) is 0 Å². The average molecular weight is 182 g/mol. The van der Waals surface area contributed by atoms with Crippen molar-refractivity contribution in [2.45, 2.75) is 4.90 Å². The third-order valence-electron chi connectivity index (χ3n) is 0.861. The second-order valence-corrected chi connectivity index (χ2v) is 3.38. The van der Waals surface area contributed by atoms with Gasteiger partial charge in [-0.25, -0.2) is 0 Å². The fourth-order valence-electron chi connectivity index (χ4n) is 0.489. The zero-order valence-corrected chi connectivity index (χ0v) is 7.21. The predicted molar refractivity (Wildman–Crippen MR) is 38.1 cm³/mol. The maximum atomic E-state index is 2.10. The van der Waals surface area contributed by atoms with E-state index in [0.29, 0.717) is 0 Å². The van der Waals surface area contributed by atoms with Crippen molar-refractivity contribution in [2.24, 2.45) is 0 Å². The van der Waals surface area contributed by atoms with Gasteiger partial charge in [0.15, 0.2) is 0 Å². The van der Waals surface area contributed by atoms with Gasteiger partial charge in [0.25, 0.3) is 0 Å². The van der Waals surface area contributed by atoms with Gasteiger partial charge in [-0.15, -0.1) is 0 Å². The first kappa shape index (κ1) is 6.24. The summed E-state index contributed by atoms with van der Waals surface area (Å²) in [5, 5.41) is 0. The summed E-state index contributed by atoms with van der Waals surface area (Å²) in [4.78, 5) is 1.33. The SMILES string of the molecule is [Ge][S]c1ccccc1. The van der Waals surface area contributed by atoms with Crippen LogP contribution < -0.4 is 0 Å². The Bertz CT molecular complexity index is 150. The van der Waals surface area contributed by atoms with E-state index in [2.05, 4.69) is 27.5 Å². The van der Waals surface area contributed by atoms with Crippen LogP contribution in [0.5, 0.6) is 0 Å². The first-order valence-electron chi connectivity index (χ1n) is 2.32. The molecule has 0 aromatic heterocycles. The van der Waals surface area contributed by atoms with E-state index in [1.807, 2.05) is 18.2 Å². The van der Waals surface area contributed by atoms with Crippen LogP contribution in [0.2, 0.25) is 0 Å². The van der Waals surface area contributed by atoms with Crippen molar-refractivity contribution < 1.29 is 0 Å². The third-order valence-corrected chi connectivity index (χ3v) is 2.85. The molecule has 0 amide bonds. The summed E-state index contributed by atoms with van der Waals surface area (Å²) in [5.41, 5.74) is 0. The Hall–Kier alpha value is 0.113. The van der Waals surface area contributed by atoms with Crippen LogP contribution in [0, 0.1) is 0 Å². The van der Waals surface area contributed by atoms with E-state index in [1.165, 1.54) is 4.90 Å². The summed E-state index contributed by atoms with van der Waals surface area (Å²) in [6, 6.07) is 10.3. The van der Waals surface area contributed by atoms with Gasteiger partial charge in [0.2, 0.25) is 0 Å². The predicted octanol–water partition coefficient (Wildman–Crippen LogP) is 1.86. The molecule has 0 aliphatic rings. The summed E-state index contributed by atoms with van der Waals surface area (Å²) in [6.45, 7) is 0. The molecule has 0 fully saturated rings. The van der Waals surface area contributed by atoms with Gasteiger partial charge in [0, 0.05) is 0 Å². The van der Waals surface area contributed by atoms with E-state index in [1.54, 1.807) is 10.1 Å². The van der Waals surface area contributed by atoms with E-state index >= 15 is 0 Å². The van der Waals surface area contributed by atoms with Crippen LogP contribution in [-0.2, 0) is 0 Å². The van der Waals surface area contributed by atoms with Crippen molar-refractivity contribution in [3.05, 3.63) is 30.3 Å². The van der Waals surface area contributed by atoms with Gasteiger partial charge in [-0.3, -0.25) is 0 Å². The molecule has 2 heteroatoms. The number of hydrogen-bond acceptors (Lipinski definition) is 1. The van der Waals surface area contributed by atoms with Gasteiger partial charge >= 0.3 is 60.7 Å². The molecule has 3 radical (unpaired) electrons. The molecule has 0 saturated heterocycles. The molecule has 39 valence electrons. The van der Waals surface area contributed by atoms with Crippen LogP contribution in [0.1, 0.15) is 0 Å². The standard InChI is InChI=1S/C6H5GeS/c7-8-6-4-2-1-3-5-6/h1-5H. The Kier molecular flexibility index (Phi) is 2.49. The molecular weight excluding hydrogens is 177 g/mol. The molecule has 0 aliphatic heterocycles. The second kappa shape index (κ2) is 3.20. The molecule has 0 nitrogen and oxygen atoms in total. The molecule has 1 aromatic rings. The minimum atomic E-state index is 1.33. The minimum absolute atomic E-state index is 1.33. The molecule has 1 aromatic carbocycles. The fourth-order valence-corrected chi connectivity index (χ4v) is 1.64. The third kappa shape index (κ3) is 1.56. The Morgan fingerprint density at radius 3 is 2.12 bits per heavy atom. The summed E-state index contributed by atoms with van der Waals surface area (Å²) >= 11 is 2.08. The van der Waals surface area contributed by atoms with E-state index in [9.17, 15) is 0 Å². The van der Waals surface area contributed by atoms with Crippen molar-refractivity contribution in [2.75, 3.05) is 0 Å². The van der Waals surface area contributed by atoms with Crippen LogP contribution in [0.3, 0.4) is 0 Å². The molecule has 0 aliphatic carbocycles. The van der Waals surface area contributed by atoms with Crippen molar-refractivity contribution in [3.63, 3.8) is 0 Å². The van der Waals surface area contributed by atoms with Gasteiger partial charge in [0.1, 0.15) is 0 Å². The molecule has 0 unspecified atom stereocenters. The summed E-state index contributed by atoms with van der Waals surface area (Å²) in [7, 11) is 1.77. The number of hydrogen-bond donors (Lipinski definition) is 0. The quantitative estimate of drug-likeness (QED) is 0.597. The van der Waals surface area contributed by atoms with Crippen molar-refractivity contribution in [1.29, 1.82) is 0 Å². The van der Waals surface area contributed by atoms with Crippen LogP contribution in [-0.4, -0.2) is 15.4 Å². The van der Waals surface area contributed by atoms with E-state index < -0.39 is 0 Å². The average Bonchev–Trinajstić information content (AvgIpc) is 1.90.